The molecule has 1 unspecified atom stereocenters. The van der Waals surface area contributed by atoms with Gasteiger partial charge in [0, 0.05) is 29.6 Å². The molecule has 0 radical (unpaired) electrons. The molecule has 17 heavy (non-hydrogen) atoms. The summed E-state index contributed by atoms with van der Waals surface area (Å²) in [6.45, 7) is 2.49. The van der Waals surface area contributed by atoms with Crippen LogP contribution < -0.4 is 15.8 Å². The fourth-order valence-corrected chi connectivity index (χ4v) is 1.74. The lowest BCUT2D eigenvalue weighted by Crippen LogP contribution is -2.30. The van der Waals surface area contributed by atoms with Gasteiger partial charge in [-0.2, -0.15) is 0 Å². The average Bonchev–Trinajstić information content (AvgIpc) is 2.25. The van der Waals surface area contributed by atoms with Crippen LogP contribution >= 0.6 is 11.6 Å². The van der Waals surface area contributed by atoms with E-state index < -0.39 is 0 Å². The van der Waals surface area contributed by atoms with Crippen molar-refractivity contribution in [3.05, 3.63) is 28.8 Å². The Morgan fingerprint density at radius 2 is 2.29 bits per heavy atom. The fraction of sp³-hybridized carbons (Fsp3) is 0.417. The predicted molar refractivity (Wildman–Crippen MR) is 68.1 cm³/mol. The highest BCUT2D eigenvalue weighted by atomic mass is 35.5. The molecule has 0 aromatic heterocycles. The quantitative estimate of drug-likeness (QED) is 0.814. The molecule has 0 fully saturated rings. The van der Waals surface area contributed by atoms with Crippen molar-refractivity contribution in [2.45, 2.75) is 25.9 Å². The molecular weight excluding hydrogens is 240 g/mol. The first kappa shape index (κ1) is 13.8. The lowest BCUT2D eigenvalue weighted by Gasteiger charge is -2.14. The zero-order valence-electron chi connectivity index (χ0n) is 10.00. The highest BCUT2D eigenvalue weighted by Gasteiger charge is 2.08. The summed E-state index contributed by atoms with van der Waals surface area (Å²) < 4.78 is 5.22. The van der Waals surface area contributed by atoms with Gasteiger partial charge in [0.1, 0.15) is 5.75 Å². The number of halogens is 1. The zero-order valence-corrected chi connectivity index (χ0v) is 10.8. The van der Waals surface area contributed by atoms with Crippen LogP contribution in [-0.4, -0.2) is 19.1 Å². The summed E-state index contributed by atoms with van der Waals surface area (Å²) in [5.74, 6) is 0.455. The van der Waals surface area contributed by atoms with Crippen LogP contribution in [0.3, 0.4) is 0 Å². The Labute approximate surface area is 106 Å². The lowest BCUT2D eigenvalue weighted by atomic mass is 10.1. The first-order chi connectivity index (χ1) is 8.02. The number of nitrogens with one attached hydrogen (secondary N) is 1. The van der Waals surface area contributed by atoms with E-state index in [1.165, 1.54) is 0 Å². The van der Waals surface area contributed by atoms with E-state index in [4.69, 9.17) is 22.1 Å². The van der Waals surface area contributed by atoms with E-state index in [1.807, 2.05) is 19.1 Å². The number of carbonyl (C=O) groups is 1. The lowest BCUT2D eigenvalue weighted by molar-refractivity contribution is -0.118. The molecule has 0 bridgehead atoms. The van der Waals surface area contributed by atoms with Gasteiger partial charge in [-0.25, -0.2) is 0 Å². The van der Waals surface area contributed by atoms with Crippen molar-refractivity contribution in [1.82, 2.24) is 5.32 Å². The number of ether oxygens (including phenoxy) is 1. The van der Waals surface area contributed by atoms with Crippen molar-refractivity contribution in [3.63, 3.8) is 0 Å². The van der Waals surface area contributed by atoms with Crippen molar-refractivity contribution in [3.8, 4) is 5.75 Å². The number of rotatable bonds is 6. The Bertz CT molecular complexity index is 396. The average molecular weight is 257 g/mol. The van der Waals surface area contributed by atoms with Gasteiger partial charge in [-0.3, -0.25) is 4.79 Å². The van der Waals surface area contributed by atoms with Crippen LogP contribution in [0, 0.1) is 0 Å². The second-order valence-electron chi connectivity index (χ2n) is 3.91. The van der Waals surface area contributed by atoms with Crippen LogP contribution in [0.2, 0.25) is 5.02 Å². The maximum absolute atomic E-state index is 10.7. The third-order valence-corrected chi connectivity index (χ3v) is 2.63. The van der Waals surface area contributed by atoms with Crippen molar-refractivity contribution in [1.29, 1.82) is 0 Å². The molecule has 1 aromatic carbocycles. The van der Waals surface area contributed by atoms with Crippen LogP contribution in [0.1, 0.15) is 18.9 Å². The zero-order chi connectivity index (χ0) is 12.8. The third-order valence-electron chi connectivity index (χ3n) is 2.39. The van der Waals surface area contributed by atoms with Gasteiger partial charge in [-0.1, -0.05) is 11.6 Å². The molecule has 0 saturated carbocycles. The van der Waals surface area contributed by atoms with Gasteiger partial charge in [-0.05, 0) is 25.1 Å². The van der Waals surface area contributed by atoms with E-state index in [9.17, 15) is 4.79 Å². The van der Waals surface area contributed by atoms with E-state index in [0.29, 0.717) is 18.0 Å². The SMILES string of the molecule is COc1ccc(Cl)cc1CNC(C)CC(N)=O. The molecular formula is C12H17ClN2O2. The van der Waals surface area contributed by atoms with Crippen LogP contribution in [0.25, 0.3) is 0 Å². The summed E-state index contributed by atoms with van der Waals surface area (Å²) in [5, 5.41) is 3.85. The fourth-order valence-electron chi connectivity index (χ4n) is 1.54. The van der Waals surface area contributed by atoms with Crippen molar-refractivity contribution >= 4 is 17.5 Å². The molecule has 3 N–H and O–H groups in total. The van der Waals surface area contributed by atoms with Crippen molar-refractivity contribution < 1.29 is 9.53 Å². The maximum atomic E-state index is 10.7. The second kappa shape index (κ2) is 6.47. The molecule has 4 nitrogen and oxygen atoms in total. The molecule has 0 aliphatic rings. The van der Waals surface area contributed by atoms with E-state index in [-0.39, 0.29) is 11.9 Å². The topological polar surface area (TPSA) is 64.3 Å². The Kier molecular flexibility index (Phi) is 5.25. The Balaban J connectivity index is 2.61. The van der Waals surface area contributed by atoms with Gasteiger partial charge in [0.05, 0.1) is 7.11 Å². The molecule has 94 valence electrons. The summed E-state index contributed by atoms with van der Waals surface area (Å²) in [6.07, 6.45) is 0.308. The number of nitrogens with two attached hydrogens (primary N) is 1. The van der Waals surface area contributed by atoms with Gasteiger partial charge in [0.25, 0.3) is 0 Å². The number of amides is 1. The number of methoxy groups -OCH3 is 1. The number of hydrogen-bond acceptors (Lipinski definition) is 3. The first-order valence-electron chi connectivity index (χ1n) is 5.37. The van der Waals surface area contributed by atoms with Gasteiger partial charge in [-0.15, -0.1) is 0 Å². The summed E-state index contributed by atoms with van der Waals surface area (Å²) in [4.78, 5) is 10.7. The second-order valence-corrected chi connectivity index (χ2v) is 4.34. The van der Waals surface area contributed by atoms with Gasteiger partial charge >= 0.3 is 0 Å². The number of benzene rings is 1. The van der Waals surface area contributed by atoms with Gasteiger partial charge < -0.3 is 15.8 Å². The van der Waals surface area contributed by atoms with Crippen LogP contribution in [-0.2, 0) is 11.3 Å². The summed E-state index contributed by atoms with van der Waals surface area (Å²) in [7, 11) is 1.61. The van der Waals surface area contributed by atoms with E-state index in [0.717, 1.165) is 11.3 Å². The molecule has 0 aliphatic carbocycles. The Hall–Kier alpha value is -1.26. The maximum Gasteiger partial charge on any atom is 0.218 e. The summed E-state index contributed by atoms with van der Waals surface area (Å²) in [5.41, 5.74) is 6.07. The predicted octanol–water partition coefficient (Wildman–Crippen LogP) is 1.70. The number of carbonyl (C=O) groups excluding carboxylic acids is 1. The third kappa shape index (κ3) is 4.63. The molecule has 1 amide bonds. The van der Waals surface area contributed by atoms with Gasteiger partial charge in [0.15, 0.2) is 0 Å². The number of primary amides is 1. The minimum Gasteiger partial charge on any atom is -0.496 e. The van der Waals surface area contributed by atoms with E-state index in [2.05, 4.69) is 5.32 Å². The Morgan fingerprint density at radius 3 is 2.88 bits per heavy atom. The summed E-state index contributed by atoms with van der Waals surface area (Å²) >= 11 is 5.92. The van der Waals surface area contributed by atoms with Crippen LogP contribution in [0.5, 0.6) is 5.75 Å². The monoisotopic (exact) mass is 256 g/mol. The molecule has 5 heteroatoms. The molecule has 1 aromatic rings. The Morgan fingerprint density at radius 1 is 1.59 bits per heavy atom. The molecule has 1 atom stereocenters. The minimum absolute atomic E-state index is 0.0242. The molecule has 0 heterocycles. The van der Waals surface area contributed by atoms with Gasteiger partial charge in [0.2, 0.25) is 5.91 Å². The first-order valence-corrected chi connectivity index (χ1v) is 5.75. The number of hydrogen-bond donors (Lipinski definition) is 2. The largest absolute Gasteiger partial charge is 0.496 e. The molecule has 0 saturated heterocycles. The molecule has 0 aliphatic heterocycles. The highest BCUT2D eigenvalue weighted by molar-refractivity contribution is 6.30. The standard InChI is InChI=1S/C12H17ClN2O2/c1-8(5-12(14)16)15-7-9-6-10(13)3-4-11(9)17-2/h3-4,6,8,15H,5,7H2,1-2H3,(H2,14,16). The normalized spacial score (nSPS) is 12.2. The minimum atomic E-state index is -0.317. The van der Waals surface area contributed by atoms with Crippen molar-refractivity contribution in [2.24, 2.45) is 5.73 Å². The smallest absolute Gasteiger partial charge is 0.218 e. The van der Waals surface area contributed by atoms with Crippen LogP contribution in [0.15, 0.2) is 18.2 Å². The van der Waals surface area contributed by atoms with E-state index in [1.54, 1.807) is 13.2 Å². The van der Waals surface area contributed by atoms with E-state index >= 15 is 0 Å². The van der Waals surface area contributed by atoms with Crippen LogP contribution in [0.4, 0.5) is 0 Å². The molecule has 0 spiro atoms. The summed E-state index contributed by atoms with van der Waals surface area (Å²) in [6, 6.07) is 5.45. The molecule has 1 rings (SSSR count). The highest BCUT2D eigenvalue weighted by Crippen LogP contribution is 2.22. The van der Waals surface area contributed by atoms with Crippen molar-refractivity contribution in [2.75, 3.05) is 7.11 Å².